The van der Waals surface area contributed by atoms with Crippen LogP contribution in [0, 0.1) is 0 Å². The molecule has 1 aliphatic carbocycles. The minimum Gasteiger partial charge on any atom is -0.355 e. The largest absolute Gasteiger partial charge is 0.355 e. The van der Waals surface area contributed by atoms with Crippen LogP contribution in [0.5, 0.6) is 0 Å². The monoisotopic (exact) mass is 312 g/mol. The molecule has 1 amide bonds. The average Bonchev–Trinajstić information content (AvgIpc) is 3.34. The van der Waals surface area contributed by atoms with Gasteiger partial charge in [0.2, 0.25) is 0 Å². The summed E-state index contributed by atoms with van der Waals surface area (Å²) in [5, 5.41) is 10.6. The summed E-state index contributed by atoms with van der Waals surface area (Å²) in [6, 6.07) is 2.36. The molecular formula is C16H20N6O. The molecule has 0 unspecified atom stereocenters. The Hall–Kier alpha value is -2.44. The Kier molecular flexibility index (Phi) is 3.69. The molecule has 0 aromatic carbocycles. The molecule has 1 saturated carbocycles. The minimum absolute atomic E-state index is 0.146. The number of carbonyl (C=O) groups is 1. The molecule has 2 fully saturated rings. The molecular weight excluding hydrogens is 292 g/mol. The fourth-order valence-electron chi connectivity index (χ4n) is 3.02. The molecule has 0 bridgehead atoms. The third kappa shape index (κ3) is 3.18. The third-order valence-electron chi connectivity index (χ3n) is 4.55. The number of carbonyl (C=O) groups excluding carboxylic acids is 1. The first kappa shape index (κ1) is 14.2. The van der Waals surface area contributed by atoms with Crippen LogP contribution in [0.1, 0.15) is 47.8 Å². The van der Waals surface area contributed by atoms with Gasteiger partial charge in [-0.2, -0.15) is 5.10 Å². The van der Waals surface area contributed by atoms with E-state index < -0.39 is 0 Å². The Bertz CT molecular complexity index is 673. The van der Waals surface area contributed by atoms with E-state index in [2.05, 4.69) is 36.4 Å². The maximum absolute atomic E-state index is 12.1. The highest BCUT2D eigenvalue weighted by Crippen LogP contribution is 2.40. The molecule has 4 rings (SSSR count). The second kappa shape index (κ2) is 5.98. The molecule has 1 aliphatic heterocycles. The van der Waals surface area contributed by atoms with E-state index in [-0.39, 0.29) is 11.9 Å². The van der Waals surface area contributed by atoms with Crippen LogP contribution in [-0.4, -0.2) is 45.2 Å². The van der Waals surface area contributed by atoms with E-state index in [1.807, 2.05) is 0 Å². The Morgan fingerprint density at radius 1 is 1.22 bits per heavy atom. The average molecular weight is 312 g/mol. The van der Waals surface area contributed by atoms with Gasteiger partial charge in [-0.05, 0) is 25.7 Å². The van der Waals surface area contributed by atoms with Gasteiger partial charge in [-0.3, -0.25) is 14.9 Å². The van der Waals surface area contributed by atoms with Crippen LogP contribution >= 0.6 is 0 Å². The standard InChI is InChI=1S/C16H20N6O/c23-16(14-10-17-5-6-18-14)19-12-3-7-22(8-4-12)15-9-13(20-21-15)11-1-2-11/h5-6,9-12H,1-4,7-8H2,(H,19,23)(H,20,21). The lowest BCUT2D eigenvalue weighted by Crippen LogP contribution is -2.45. The number of hydrogen-bond acceptors (Lipinski definition) is 5. The number of H-pyrrole nitrogens is 1. The predicted octanol–water partition coefficient (Wildman–Crippen LogP) is 1.48. The van der Waals surface area contributed by atoms with Crippen LogP contribution in [0.15, 0.2) is 24.7 Å². The van der Waals surface area contributed by atoms with Gasteiger partial charge in [-0.25, -0.2) is 4.98 Å². The molecule has 120 valence electrons. The zero-order valence-electron chi connectivity index (χ0n) is 12.9. The van der Waals surface area contributed by atoms with Crippen LogP contribution in [0.25, 0.3) is 0 Å². The molecule has 0 atom stereocenters. The van der Waals surface area contributed by atoms with Crippen molar-refractivity contribution >= 4 is 11.7 Å². The van der Waals surface area contributed by atoms with Crippen molar-refractivity contribution in [3.05, 3.63) is 36.0 Å². The number of rotatable bonds is 4. The van der Waals surface area contributed by atoms with Crippen molar-refractivity contribution in [2.75, 3.05) is 18.0 Å². The van der Waals surface area contributed by atoms with Crippen molar-refractivity contribution < 1.29 is 4.79 Å². The number of anilines is 1. The van der Waals surface area contributed by atoms with E-state index in [0.717, 1.165) is 31.7 Å². The maximum atomic E-state index is 12.1. The molecule has 2 N–H and O–H groups in total. The molecule has 23 heavy (non-hydrogen) atoms. The first-order valence-electron chi connectivity index (χ1n) is 8.17. The number of hydrogen-bond donors (Lipinski definition) is 2. The van der Waals surface area contributed by atoms with E-state index in [9.17, 15) is 4.79 Å². The summed E-state index contributed by atoms with van der Waals surface area (Å²) < 4.78 is 0. The first-order valence-corrected chi connectivity index (χ1v) is 8.17. The van der Waals surface area contributed by atoms with Crippen LogP contribution in [-0.2, 0) is 0 Å². The maximum Gasteiger partial charge on any atom is 0.271 e. The summed E-state index contributed by atoms with van der Waals surface area (Å²) in [6.07, 6.45) is 8.97. The van der Waals surface area contributed by atoms with Crippen molar-refractivity contribution in [2.45, 2.75) is 37.6 Å². The first-order chi connectivity index (χ1) is 11.3. The van der Waals surface area contributed by atoms with Crippen molar-refractivity contribution in [1.29, 1.82) is 0 Å². The molecule has 2 aromatic heterocycles. The van der Waals surface area contributed by atoms with Gasteiger partial charge in [-0.15, -0.1) is 0 Å². The van der Waals surface area contributed by atoms with Gasteiger partial charge in [0, 0.05) is 49.2 Å². The van der Waals surface area contributed by atoms with Crippen molar-refractivity contribution in [2.24, 2.45) is 0 Å². The van der Waals surface area contributed by atoms with Crippen molar-refractivity contribution in [3.63, 3.8) is 0 Å². The number of aromatic amines is 1. The Labute approximate surface area is 134 Å². The van der Waals surface area contributed by atoms with E-state index in [4.69, 9.17) is 0 Å². The molecule has 0 spiro atoms. The number of aromatic nitrogens is 4. The molecule has 2 aliphatic rings. The number of nitrogens with zero attached hydrogens (tertiary/aromatic N) is 4. The van der Waals surface area contributed by atoms with Crippen molar-refractivity contribution in [3.8, 4) is 0 Å². The van der Waals surface area contributed by atoms with Gasteiger partial charge in [0.25, 0.3) is 5.91 Å². The molecule has 7 heteroatoms. The highest BCUT2D eigenvalue weighted by Gasteiger charge is 2.27. The topological polar surface area (TPSA) is 86.8 Å². The normalized spacial score (nSPS) is 18.9. The SMILES string of the molecule is O=C(NC1CCN(c2cc(C3CC3)[nH]n2)CC1)c1cnccn1. The fourth-order valence-corrected chi connectivity index (χ4v) is 3.02. The zero-order valence-corrected chi connectivity index (χ0v) is 12.9. The quantitative estimate of drug-likeness (QED) is 0.893. The highest BCUT2D eigenvalue weighted by atomic mass is 16.1. The number of nitrogens with one attached hydrogen (secondary N) is 2. The van der Waals surface area contributed by atoms with Gasteiger partial charge in [0.1, 0.15) is 5.69 Å². The Morgan fingerprint density at radius 2 is 2.04 bits per heavy atom. The zero-order chi connectivity index (χ0) is 15.6. The summed E-state index contributed by atoms with van der Waals surface area (Å²) in [4.78, 5) is 22.4. The Balaban J connectivity index is 1.31. The van der Waals surface area contributed by atoms with Crippen LogP contribution in [0.4, 0.5) is 5.82 Å². The lowest BCUT2D eigenvalue weighted by Gasteiger charge is -2.32. The lowest BCUT2D eigenvalue weighted by atomic mass is 10.0. The summed E-state index contributed by atoms with van der Waals surface area (Å²) in [5.74, 6) is 1.58. The summed E-state index contributed by atoms with van der Waals surface area (Å²) in [5.41, 5.74) is 1.63. The van der Waals surface area contributed by atoms with Gasteiger partial charge in [0.05, 0.1) is 6.20 Å². The van der Waals surface area contributed by atoms with Crippen LogP contribution in [0.3, 0.4) is 0 Å². The predicted molar refractivity (Wildman–Crippen MR) is 85.3 cm³/mol. The van der Waals surface area contributed by atoms with Gasteiger partial charge in [-0.1, -0.05) is 0 Å². The molecule has 2 aromatic rings. The summed E-state index contributed by atoms with van der Waals surface area (Å²) >= 11 is 0. The highest BCUT2D eigenvalue weighted by molar-refractivity contribution is 5.92. The van der Waals surface area contributed by atoms with Crippen LogP contribution in [0.2, 0.25) is 0 Å². The Morgan fingerprint density at radius 3 is 2.74 bits per heavy atom. The number of piperidine rings is 1. The fraction of sp³-hybridized carbons (Fsp3) is 0.500. The lowest BCUT2D eigenvalue weighted by molar-refractivity contribution is 0.0925. The van der Waals surface area contributed by atoms with Gasteiger partial charge >= 0.3 is 0 Å². The smallest absolute Gasteiger partial charge is 0.271 e. The van der Waals surface area contributed by atoms with E-state index in [1.165, 1.54) is 30.9 Å². The summed E-state index contributed by atoms with van der Waals surface area (Å²) in [7, 11) is 0. The second-order valence-corrected chi connectivity index (χ2v) is 6.28. The molecule has 0 radical (unpaired) electrons. The van der Waals surface area contributed by atoms with Crippen LogP contribution < -0.4 is 10.2 Å². The van der Waals surface area contributed by atoms with E-state index in [0.29, 0.717) is 11.6 Å². The van der Waals surface area contributed by atoms with E-state index >= 15 is 0 Å². The molecule has 3 heterocycles. The summed E-state index contributed by atoms with van der Waals surface area (Å²) in [6.45, 7) is 1.81. The van der Waals surface area contributed by atoms with Crippen molar-refractivity contribution in [1.82, 2.24) is 25.5 Å². The minimum atomic E-state index is -0.146. The second-order valence-electron chi connectivity index (χ2n) is 6.28. The molecule has 7 nitrogen and oxygen atoms in total. The molecule has 1 saturated heterocycles. The van der Waals surface area contributed by atoms with Gasteiger partial charge < -0.3 is 10.2 Å². The third-order valence-corrected chi connectivity index (χ3v) is 4.55. The number of amides is 1. The van der Waals surface area contributed by atoms with Gasteiger partial charge in [0.15, 0.2) is 5.82 Å². The van der Waals surface area contributed by atoms with E-state index in [1.54, 1.807) is 6.20 Å².